The molecule has 0 saturated carbocycles. The van der Waals surface area contributed by atoms with Gasteiger partial charge in [-0.2, -0.15) is 0 Å². The summed E-state index contributed by atoms with van der Waals surface area (Å²) in [4.78, 5) is 11.4. The van der Waals surface area contributed by atoms with Crippen molar-refractivity contribution in [2.24, 2.45) is 0 Å². The van der Waals surface area contributed by atoms with Crippen molar-refractivity contribution in [2.45, 2.75) is 44.7 Å². The number of benzene rings is 3. The molecule has 39 heavy (non-hydrogen) atoms. The molecule has 0 unspecified atom stereocenters. The fraction of sp³-hybridized carbons (Fsp3) is 0.286. The lowest BCUT2D eigenvalue weighted by atomic mass is 10.1. The zero-order valence-electron chi connectivity index (χ0n) is 22.0. The van der Waals surface area contributed by atoms with Crippen LogP contribution < -0.4 is 9.47 Å². The van der Waals surface area contributed by atoms with Gasteiger partial charge in [0.1, 0.15) is 17.7 Å². The highest BCUT2D eigenvalue weighted by molar-refractivity contribution is 7.99. The van der Waals surface area contributed by atoms with Crippen LogP contribution in [0.4, 0.5) is 0 Å². The van der Waals surface area contributed by atoms with Gasteiger partial charge in [0.2, 0.25) is 6.54 Å². The van der Waals surface area contributed by atoms with Gasteiger partial charge in [-0.25, -0.2) is 0 Å². The van der Waals surface area contributed by atoms with Gasteiger partial charge in [0, 0.05) is 10.6 Å². The highest BCUT2D eigenvalue weighted by atomic mass is 35.5. The van der Waals surface area contributed by atoms with Crippen LogP contribution in [0, 0.1) is 30.9 Å². The predicted molar refractivity (Wildman–Crippen MR) is 154 cm³/mol. The third-order valence-electron chi connectivity index (χ3n) is 6.12. The van der Waals surface area contributed by atoms with E-state index in [1.807, 2.05) is 49.6 Å². The van der Waals surface area contributed by atoms with E-state index in [9.17, 15) is 10.1 Å². The van der Waals surface area contributed by atoms with E-state index in [1.165, 1.54) is 17.3 Å². The summed E-state index contributed by atoms with van der Waals surface area (Å²) < 4.78 is 13.8. The summed E-state index contributed by atoms with van der Waals surface area (Å²) in [5.41, 5.74) is 4.78. The standard InChI is InChI=1S/C28H28Cl2N4O4S/c1-5-37-26-14-21(8-11-25(26)38-16-20-7-10-23(29)24(30)13-20)27(15-33(35)36)39-28-32-31-19(4)34(28)22-9-6-17(2)18(3)12-22/h6-14,27H,5,15-16H2,1-4H3/t27-/m1/s1. The molecule has 1 aromatic heterocycles. The fourth-order valence-corrected chi connectivity index (χ4v) is 5.44. The summed E-state index contributed by atoms with van der Waals surface area (Å²) >= 11 is 13.4. The van der Waals surface area contributed by atoms with Crippen LogP contribution in [0.2, 0.25) is 10.0 Å². The number of nitrogens with zero attached hydrogens (tertiary/aromatic N) is 4. The second kappa shape index (κ2) is 12.7. The van der Waals surface area contributed by atoms with E-state index < -0.39 is 5.25 Å². The van der Waals surface area contributed by atoms with E-state index in [0.29, 0.717) is 44.7 Å². The van der Waals surface area contributed by atoms with Crippen molar-refractivity contribution < 1.29 is 14.4 Å². The van der Waals surface area contributed by atoms with Crippen LogP contribution in [0.5, 0.6) is 11.5 Å². The molecule has 4 aromatic rings. The predicted octanol–water partition coefficient (Wildman–Crippen LogP) is 7.59. The lowest BCUT2D eigenvalue weighted by Crippen LogP contribution is -2.12. The molecule has 4 rings (SSSR count). The maximum absolute atomic E-state index is 11.7. The molecule has 0 amide bonds. The van der Waals surface area contributed by atoms with Crippen LogP contribution in [0.25, 0.3) is 5.69 Å². The van der Waals surface area contributed by atoms with E-state index in [0.717, 1.165) is 16.8 Å². The lowest BCUT2D eigenvalue weighted by molar-refractivity contribution is -0.479. The van der Waals surface area contributed by atoms with Crippen molar-refractivity contribution in [2.75, 3.05) is 13.2 Å². The van der Waals surface area contributed by atoms with E-state index in [-0.39, 0.29) is 18.1 Å². The average molecular weight is 588 g/mol. The Bertz CT molecular complexity index is 1490. The Balaban J connectivity index is 1.63. The van der Waals surface area contributed by atoms with Crippen LogP contribution >= 0.6 is 35.0 Å². The van der Waals surface area contributed by atoms with Crippen LogP contribution in [-0.2, 0) is 6.61 Å². The molecule has 0 N–H and O–H groups in total. The summed E-state index contributed by atoms with van der Waals surface area (Å²) in [7, 11) is 0. The Kier molecular flexibility index (Phi) is 9.37. The molecule has 0 aliphatic rings. The fourth-order valence-electron chi connectivity index (χ4n) is 3.96. The topological polar surface area (TPSA) is 92.3 Å². The average Bonchev–Trinajstić information content (AvgIpc) is 3.26. The molecule has 0 saturated heterocycles. The molecule has 3 aromatic carbocycles. The normalized spacial score (nSPS) is 11.8. The monoisotopic (exact) mass is 586 g/mol. The summed E-state index contributed by atoms with van der Waals surface area (Å²) in [6.45, 7) is 8.17. The Labute approximate surface area is 241 Å². The molecule has 0 aliphatic carbocycles. The number of hydrogen-bond acceptors (Lipinski definition) is 7. The van der Waals surface area contributed by atoms with Gasteiger partial charge in [-0.05, 0) is 86.3 Å². The zero-order valence-corrected chi connectivity index (χ0v) is 24.3. The maximum Gasteiger partial charge on any atom is 0.220 e. The molecule has 204 valence electrons. The second-order valence-corrected chi connectivity index (χ2v) is 10.9. The minimum atomic E-state index is -0.544. The van der Waals surface area contributed by atoms with Crippen molar-refractivity contribution >= 4 is 35.0 Å². The van der Waals surface area contributed by atoms with Crippen LogP contribution in [0.15, 0.2) is 59.8 Å². The molecule has 0 spiro atoms. The van der Waals surface area contributed by atoms with E-state index in [4.69, 9.17) is 32.7 Å². The van der Waals surface area contributed by atoms with Crippen LogP contribution in [-0.4, -0.2) is 32.8 Å². The minimum Gasteiger partial charge on any atom is -0.490 e. The van der Waals surface area contributed by atoms with E-state index >= 15 is 0 Å². The Hall–Kier alpha value is -3.27. The van der Waals surface area contributed by atoms with Gasteiger partial charge in [0.25, 0.3) is 0 Å². The third kappa shape index (κ3) is 7.03. The first-order chi connectivity index (χ1) is 18.7. The maximum atomic E-state index is 11.7. The number of aromatic nitrogens is 3. The molecule has 0 radical (unpaired) electrons. The molecule has 0 bridgehead atoms. The van der Waals surface area contributed by atoms with Crippen molar-refractivity contribution in [3.63, 3.8) is 0 Å². The third-order valence-corrected chi connectivity index (χ3v) is 8.04. The number of thioether (sulfide) groups is 1. The van der Waals surface area contributed by atoms with Gasteiger partial charge in [0.05, 0.1) is 16.7 Å². The van der Waals surface area contributed by atoms with Crippen molar-refractivity contribution in [3.8, 4) is 17.2 Å². The van der Waals surface area contributed by atoms with Gasteiger partial charge in [-0.1, -0.05) is 53.2 Å². The molecule has 11 heteroatoms. The molecule has 0 aliphatic heterocycles. The van der Waals surface area contributed by atoms with Gasteiger partial charge in [0.15, 0.2) is 16.7 Å². The molecule has 0 fully saturated rings. The highest BCUT2D eigenvalue weighted by Gasteiger charge is 2.25. The summed E-state index contributed by atoms with van der Waals surface area (Å²) in [5.74, 6) is 1.71. The molecular formula is C28H28Cl2N4O4S. The van der Waals surface area contributed by atoms with Crippen molar-refractivity contribution in [3.05, 3.63) is 103 Å². The minimum absolute atomic E-state index is 0.252. The Morgan fingerprint density at radius 2 is 1.74 bits per heavy atom. The first kappa shape index (κ1) is 28.7. The van der Waals surface area contributed by atoms with Gasteiger partial charge in [-0.15, -0.1) is 10.2 Å². The number of halogens is 2. The Morgan fingerprint density at radius 3 is 2.44 bits per heavy atom. The highest BCUT2D eigenvalue weighted by Crippen LogP contribution is 2.40. The number of nitro groups is 1. The lowest BCUT2D eigenvalue weighted by Gasteiger charge is -2.18. The molecule has 1 heterocycles. The Morgan fingerprint density at radius 1 is 0.949 bits per heavy atom. The zero-order chi connectivity index (χ0) is 28.1. The SMILES string of the molecule is CCOc1cc([C@@H](C[N+](=O)[O-])Sc2nnc(C)n2-c2ccc(C)c(C)c2)ccc1OCc1ccc(Cl)c(Cl)c1. The van der Waals surface area contributed by atoms with E-state index in [2.05, 4.69) is 23.2 Å². The van der Waals surface area contributed by atoms with Gasteiger partial charge in [-0.3, -0.25) is 14.7 Å². The number of aryl methyl sites for hydroxylation is 3. The van der Waals surface area contributed by atoms with E-state index in [1.54, 1.807) is 24.3 Å². The first-order valence-corrected chi connectivity index (χ1v) is 13.9. The smallest absolute Gasteiger partial charge is 0.220 e. The molecular weight excluding hydrogens is 559 g/mol. The van der Waals surface area contributed by atoms with Crippen LogP contribution in [0.1, 0.15) is 40.3 Å². The summed E-state index contributed by atoms with van der Waals surface area (Å²) in [6.07, 6.45) is 0. The van der Waals surface area contributed by atoms with Crippen LogP contribution in [0.3, 0.4) is 0 Å². The molecule has 1 atom stereocenters. The number of rotatable bonds is 11. The molecule has 8 nitrogen and oxygen atoms in total. The number of ether oxygens (including phenoxy) is 2. The van der Waals surface area contributed by atoms with Gasteiger partial charge >= 0.3 is 0 Å². The van der Waals surface area contributed by atoms with Crippen molar-refractivity contribution in [1.82, 2.24) is 14.8 Å². The van der Waals surface area contributed by atoms with Crippen molar-refractivity contribution in [1.29, 1.82) is 0 Å². The first-order valence-electron chi connectivity index (χ1n) is 12.3. The second-order valence-electron chi connectivity index (χ2n) is 8.93. The number of hydrogen-bond donors (Lipinski definition) is 0. The summed E-state index contributed by atoms with van der Waals surface area (Å²) in [6, 6.07) is 16.8. The largest absolute Gasteiger partial charge is 0.490 e. The summed E-state index contributed by atoms with van der Waals surface area (Å²) in [5, 5.41) is 21.2. The van der Waals surface area contributed by atoms with Gasteiger partial charge < -0.3 is 9.47 Å². The quantitative estimate of drug-likeness (QED) is 0.101.